The second kappa shape index (κ2) is 3.44. The van der Waals surface area contributed by atoms with Crippen LogP contribution in [0.25, 0.3) is 0 Å². The Balaban J connectivity index is 3.44. The third-order valence-corrected chi connectivity index (χ3v) is 2.75. The van der Waals surface area contributed by atoms with Crippen molar-refractivity contribution in [2.45, 2.75) is 0 Å². The highest BCUT2D eigenvalue weighted by Crippen LogP contribution is 2.30. The summed E-state index contributed by atoms with van der Waals surface area (Å²) in [6, 6.07) is 5.23. The maximum Gasteiger partial charge on any atom is 0.102 e. The van der Waals surface area contributed by atoms with Crippen LogP contribution in [0.4, 0.5) is 0 Å². The first-order chi connectivity index (χ1) is 5.16. The Morgan fingerprint density at radius 1 is 1.36 bits per heavy atom. The van der Waals surface area contributed by atoms with Gasteiger partial charge in [0.1, 0.15) is 6.07 Å². The van der Waals surface area contributed by atoms with Gasteiger partial charge in [0.15, 0.2) is 0 Å². The lowest BCUT2D eigenvalue weighted by atomic mass is 10.2. The SMILES string of the molecule is N#Cc1c(Cl)ccc(Br)c1Cl. The molecule has 4 heteroatoms. The van der Waals surface area contributed by atoms with E-state index in [2.05, 4.69) is 15.9 Å². The molecule has 56 valence electrons. The molecule has 0 radical (unpaired) electrons. The second-order valence-corrected chi connectivity index (χ2v) is 3.47. The molecule has 0 aliphatic carbocycles. The molecule has 0 saturated carbocycles. The summed E-state index contributed by atoms with van der Waals surface area (Å²) in [5.74, 6) is 0. The normalized spacial score (nSPS) is 9.27. The number of hydrogen-bond acceptors (Lipinski definition) is 1. The molecule has 0 unspecified atom stereocenters. The van der Waals surface area contributed by atoms with E-state index in [0.29, 0.717) is 20.1 Å². The third-order valence-electron chi connectivity index (χ3n) is 1.16. The summed E-state index contributed by atoms with van der Waals surface area (Å²) in [4.78, 5) is 0. The lowest BCUT2D eigenvalue weighted by molar-refractivity contribution is 1.47. The van der Waals surface area contributed by atoms with E-state index in [1.54, 1.807) is 12.1 Å². The van der Waals surface area contributed by atoms with Crippen molar-refractivity contribution < 1.29 is 0 Å². The fourth-order valence-electron chi connectivity index (χ4n) is 0.630. The molecule has 1 aromatic carbocycles. The number of nitriles is 1. The van der Waals surface area contributed by atoms with Crippen molar-refractivity contribution >= 4 is 39.1 Å². The van der Waals surface area contributed by atoms with Gasteiger partial charge in [0.05, 0.1) is 15.6 Å². The zero-order valence-electron chi connectivity index (χ0n) is 5.24. The van der Waals surface area contributed by atoms with E-state index in [0.717, 1.165) is 0 Å². The van der Waals surface area contributed by atoms with Crippen molar-refractivity contribution in [3.63, 3.8) is 0 Å². The number of rotatable bonds is 0. The maximum atomic E-state index is 8.58. The van der Waals surface area contributed by atoms with Gasteiger partial charge in [-0.1, -0.05) is 23.2 Å². The van der Waals surface area contributed by atoms with Crippen LogP contribution in [0.2, 0.25) is 10.0 Å². The number of hydrogen-bond donors (Lipinski definition) is 0. The Bertz CT molecular complexity index is 330. The molecule has 1 nitrogen and oxygen atoms in total. The Kier molecular flexibility index (Phi) is 2.78. The predicted octanol–water partition coefficient (Wildman–Crippen LogP) is 3.63. The fourth-order valence-corrected chi connectivity index (χ4v) is 1.42. The molecule has 1 aromatic rings. The van der Waals surface area contributed by atoms with Crippen LogP contribution in [-0.4, -0.2) is 0 Å². The van der Waals surface area contributed by atoms with Gasteiger partial charge in [0.2, 0.25) is 0 Å². The summed E-state index contributed by atoms with van der Waals surface area (Å²) in [6.07, 6.45) is 0. The minimum atomic E-state index is 0.308. The molecule has 0 aliphatic heterocycles. The molecule has 0 heterocycles. The first kappa shape index (κ1) is 8.86. The third kappa shape index (κ3) is 1.67. The van der Waals surface area contributed by atoms with E-state index in [9.17, 15) is 0 Å². The summed E-state index contributed by atoms with van der Waals surface area (Å²) in [7, 11) is 0. The molecule has 1 rings (SSSR count). The summed E-state index contributed by atoms with van der Waals surface area (Å²) >= 11 is 14.6. The fraction of sp³-hybridized carbons (Fsp3) is 0. The highest BCUT2D eigenvalue weighted by Gasteiger charge is 2.07. The number of halogens is 3. The molecule has 0 aliphatic rings. The topological polar surface area (TPSA) is 23.8 Å². The molecular weight excluding hydrogens is 249 g/mol. The predicted molar refractivity (Wildman–Crippen MR) is 48.9 cm³/mol. The highest BCUT2D eigenvalue weighted by atomic mass is 79.9. The average molecular weight is 251 g/mol. The summed E-state index contributed by atoms with van der Waals surface area (Å²) < 4.78 is 0.681. The molecule has 0 bridgehead atoms. The van der Waals surface area contributed by atoms with Gasteiger partial charge in [-0.05, 0) is 28.1 Å². The van der Waals surface area contributed by atoms with Crippen molar-refractivity contribution in [3.05, 3.63) is 32.2 Å². The van der Waals surface area contributed by atoms with Crippen LogP contribution in [0.15, 0.2) is 16.6 Å². The first-order valence-electron chi connectivity index (χ1n) is 2.70. The number of benzene rings is 1. The number of nitrogens with zero attached hydrogens (tertiary/aromatic N) is 1. The molecule has 0 spiro atoms. The van der Waals surface area contributed by atoms with Crippen molar-refractivity contribution in [1.29, 1.82) is 5.26 Å². The second-order valence-electron chi connectivity index (χ2n) is 1.83. The van der Waals surface area contributed by atoms with Gasteiger partial charge in [0.25, 0.3) is 0 Å². The van der Waals surface area contributed by atoms with Crippen LogP contribution in [-0.2, 0) is 0 Å². The van der Waals surface area contributed by atoms with Crippen LogP contribution in [0, 0.1) is 11.3 Å². The lowest BCUT2D eigenvalue weighted by Gasteiger charge is -1.98. The van der Waals surface area contributed by atoms with Crippen LogP contribution < -0.4 is 0 Å². The van der Waals surface area contributed by atoms with Crippen LogP contribution in [0.1, 0.15) is 5.56 Å². The summed E-state index contributed by atoms with van der Waals surface area (Å²) in [5, 5.41) is 9.32. The van der Waals surface area contributed by atoms with Gasteiger partial charge in [-0.3, -0.25) is 0 Å². The van der Waals surface area contributed by atoms with Gasteiger partial charge in [-0.2, -0.15) is 5.26 Å². The smallest absolute Gasteiger partial charge is 0.102 e. The molecule has 0 saturated heterocycles. The van der Waals surface area contributed by atoms with Gasteiger partial charge in [0, 0.05) is 4.47 Å². The molecule has 0 amide bonds. The van der Waals surface area contributed by atoms with Crippen molar-refractivity contribution in [2.75, 3.05) is 0 Å². The zero-order chi connectivity index (χ0) is 8.43. The van der Waals surface area contributed by atoms with E-state index in [4.69, 9.17) is 28.5 Å². The Morgan fingerprint density at radius 3 is 2.45 bits per heavy atom. The Labute approximate surface area is 82.7 Å². The van der Waals surface area contributed by atoms with Crippen LogP contribution in [0.3, 0.4) is 0 Å². The highest BCUT2D eigenvalue weighted by molar-refractivity contribution is 9.10. The first-order valence-corrected chi connectivity index (χ1v) is 4.25. The van der Waals surface area contributed by atoms with Crippen LogP contribution in [0.5, 0.6) is 0 Å². The molecule has 0 fully saturated rings. The van der Waals surface area contributed by atoms with Gasteiger partial charge in [-0.25, -0.2) is 0 Å². The van der Waals surface area contributed by atoms with E-state index < -0.39 is 0 Å². The van der Waals surface area contributed by atoms with Crippen LogP contribution >= 0.6 is 39.1 Å². The van der Waals surface area contributed by atoms with Gasteiger partial charge >= 0.3 is 0 Å². The minimum Gasteiger partial charge on any atom is -0.192 e. The molecule has 11 heavy (non-hydrogen) atoms. The summed E-state index contributed by atoms with van der Waals surface area (Å²) in [6.45, 7) is 0. The van der Waals surface area contributed by atoms with E-state index in [-0.39, 0.29) is 0 Å². The standard InChI is InChI=1S/C7H2BrCl2N/c8-5-1-2-6(9)4(3-11)7(5)10/h1-2H. The molecule has 0 N–H and O–H groups in total. The molecule has 0 aromatic heterocycles. The van der Waals surface area contributed by atoms with Crippen molar-refractivity contribution in [1.82, 2.24) is 0 Å². The van der Waals surface area contributed by atoms with Crippen molar-refractivity contribution in [3.8, 4) is 6.07 Å². The zero-order valence-corrected chi connectivity index (χ0v) is 8.33. The molecule has 0 atom stereocenters. The van der Waals surface area contributed by atoms with E-state index >= 15 is 0 Å². The molecular formula is C7H2BrCl2N. The van der Waals surface area contributed by atoms with Gasteiger partial charge in [-0.15, -0.1) is 0 Å². The monoisotopic (exact) mass is 249 g/mol. The Hall–Kier alpha value is -0.230. The van der Waals surface area contributed by atoms with Crippen molar-refractivity contribution in [2.24, 2.45) is 0 Å². The van der Waals surface area contributed by atoms with Gasteiger partial charge < -0.3 is 0 Å². The summed E-state index contributed by atoms with van der Waals surface area (Å²) in [5.41, 5.74) is 0.308. The Morgan fingerprint density at radius 2 is 2.00 bits per heavy atom. The largest absolute Gasteiger partial charge is 0.192 e. The average Bonchev–Trinajstić information content (AvgIpc) is 1.99. The minimum absolute atomic E-state index is 0.308. The van der Waals surface area contributed by atoms with E-state index in [1.165, 1.54) is 0 Å². The maximum absolute atomic E-state index is 8.58. The van der Waals surface area contributed by atoms with E-state index in [1.807, 2.05) is 6.07 Å². The lowest BCUT2D eigenvalue weighted by Crippen LogP contribution is -1.79. The quantitative estimate of drug-likeness (QED) is 0.646.